The van der Waals surface area contributed by atoms with Gasteiger partial charge in [-0.3, -0.25) is 0 Å². The van der Waals surface area contributed by atoms with Crippen molar-refractivity contribution in [3.8, 4) is 0 Å². The summed E-state index contributed by atoms with van der Waals surface area (Å²) in [6.07, 6.45) is 8.89. The zero-order chi connectivity index (χ0) is 13.1. The fourth-order valence-corrected chi connectivity index (χ4v) is 3.33. The van der Waals surface area contributed by atoms with Crippen molar-refractivity contribution in [1.29, 1.82) is 0 Å². The predicted octanol–water partition coefficient (Wildman–Crippen LogP) is 2.00. The van der Waals surface area contributed by atoms with Crippen molar-refractivity contribution in [1.82, 2.24) is 15.5 Å². The highest BCUT2D eigenvalue weighted by Crippen LogP contribution is 2.43. The molecule has 1 aliphatic heterocycles. The van der Waals surface area contributed by atoms with E-state index in [2.05, 4.69) is 15.5 Å². The molecular formula is C14H23N3O2. The number of aryl methyl sites for hydroxylation is 1. The van der Waals surface area contributed by atoms with Crippen LogP contribution >= 0.6 is 0 Å². The second-order valence-electron chi connectivity index (χ2n) is 5.85. The first-order chi connectivity index (χ1) is 9.26. The van der Waals surface area contributed by atoms with E-state index in [-0.39, 0.29) is 5.60 Å². The minimum atomic E-state index is 0.247. The van der Waals surface area contributed by atoms with E-state index >= 15 is 0 Å². The van der Waals surface area contributed by atoms with Crippen molar-refractivity contribution in [2.24, 2.45) is 0 Å². The molecule has 1 atom stereocenters. The summed E-state index contributed by atoms with van der Waals surface area (Å²) in [6.45, 7) is 3.64. The van der Waals surface area contributed by atoms with E-state index in [1.165, 1.54) is 38.5 Å². The van der Waals surface area contributed by atoms with Gasteiger partial charge in [-0.05, 0) is 25.7 Å². The predicted molar refractivity (Wildman–Crippen MR) is 70.9 cm³/mol. The van der Waals surface area contributed by atoms with Crippen LogP contribution in [0.5, 0.6) is 0 Å². The van der Waals surface area contributed by atoms with Crippen LogP contribution in [0.2, 0.25) is 0 Å². The average molecular weight is 265 g/mol. The van der Waals surface area contributed by atoms with Gasteiger partial charge < -0.3 is 14.6 Å². The fraction of sp³-hybridized carbons (Fsp3) is 0.857. The summed E-state index contributed by atoms with van der Waals surface area (Å²) in [5, 5.41) is 7.33. The largest absolute Gasteiger partial charge is 0.370 e. The molecule has 0 amide bonds. The van der Waals surface area contributed by atoms with Gasteiger partial charge in [-0.2, -0.15) is 4.98 Å². The van der Waals surface area contributed by atoms with Gasteiger partial charge in [0.25, 0.3) is 0 Å². The van der Waals surface area contributed by atoms with Crippen molar-refractivity contribution < 1.29 is 9.26 Å². The molecule has 1 spiro atoms. The second kappa shape index (κ2) is 5.59. The van der Waals surface area contributed by atoms with Crippen LogP contribution in [0.3, 0.4) is 0 Å². The van der Waals surface area contributed by atoms with Gasteiger partial charge in [-0.15, -0.1) is 0 Å². The maximum atomic E-state index is 6.25. The Bertz CT molecular complexity index is 413. The Hall–Kier alpha value is -0.940. The SMILES string of the molecule is Cc1nc(CCNCC2CCC3(CCCC3)O2)no1. The molecule has 1 N–H and O–H groups in total. The number of hydrogen-bond acceptors (Lipinski definition) is 5. The highest BCUT2D eigenvalue weighted by Gasteiger charge is 2.41. The third-order valence-electron chi connectivity index (χ3n) is 4.32. The maximum absolute atomic E-state index is 6.25. The smallest absolute Gasteiger partial charge is 0.223 e. The monoisotopic (exact) mass is 265 g/mol. The first-order valence-corrected chi connectivity index (χ1v) is 7.44. The minimum Gasteiger partial charge on any atom is -0.370 e. The van der Waals surface area contributed by atoms with Crippen molar-refractivity contribution >= 4 is 0 Å². The first-order valence-electron chi connectivity index (χ1n) is 7.44. The molecule has 1 unspecified atom stereocenters. The minimum absolute atomic E-state index is 0.247. The number of rotatable bonds is 5. The van der Waals surface area contributed by atoms with Crippen LogP contribution in [-0.4, -0.2) is 34.9 Å². The van der Waals surface area contributed by atoms with Gasteiger partial charge in [-0.25, -0.2) is 0 Å². The zero-order valence-electron chi connectivity index (χ0n) is 11.7. The Labute approximate surface area is 114 Å². The van der Waals surface area contributed by atoms with Gasteiger partial charge in [0.05, 0.1) is 11.7 Å². The molecule has 2 fully saturated rings. The first kappa shape index (κ1) is 13.1. The van der Waals surface area contributed by atoms with E-state index in [1.54, 1.807) is 0 Å². The van der Waals surface area contributed by atoms with Crippen molar-refractivity contribution in [2.45, 2.75) is 63.6 Å². The summed E-state index contributed by atoms with van der Waals surface area (Å²) in [7, 11) is 0. The Balaban J connectivity index is 1.35. The number of hydrogen-bond donors (Lipinski definition) is 1. The molecule has 0 bridgehead atoms. The topological polar surface area (TPSA) is 60.2 Å². The Kier molecular flexibility index (Phi) is 3.84. The van der Waals surface area contributed by atoms with Crippen LogP contribution in [0.15, 0.2) is 4.52 Å². The van der Waals surface area contributed by atoms with E-state index in [9.17, 15) is 0 Å². The molecule has 0 aromatic carbocycles. The standard InChI is InChI=1S/C14H23N3O2/c1-11-16-13(17-19-11)5-9-15-10-12-4-8-14(18-12)6-2-3-7-14/h12,15H,2-10H2,1H3. The molecule has 2 heterocycles. The van der Waals surface area contributed by atoms with Crippen LogP contribution in [-0.2, 0) is 11.2 Å². The van der Waals surface area contributed by atoms with Crippen LogP contribution in [0.4, 0.5) is 0 Å². The molecule has 1 saturated carbocycles. The van der Waals surface area contributed by atoms with Gasteiger partial charge >= 0.3 is 0 Å². The zero-order valence-corrected chi connectivity index (χ0v) is 11.7. The summed E-state index contributed by atoms with van der Waals surface area (Å²) in [5.41, 5.74) is 0.247. The van der Waals surface area contributed by atoms with E-state index in [4.69, 9.17) is 9.26 Å². The molecule has 1 saturated heterocycles. The molecule has 5 nitrogen and oxygen atoms in total. The third kappa shape index (κ3) is 3.15. The Morgan fingerprint density at radius 1 is 1.32 bits per heavy atom. The van der Waals surface area contributed by atoms with Gasteiger partial charge in [0.2, 0.25) is 5.89 Å². The lowest BCUT2D eigenvalue weighted by atomic mass is 9.98. The summed E-state index contributed by atoms with van der Waals surface area (Å²) in [5.74, 6) is 1.42. The van der Waals surface area contributed by atoms with E-state index in [1.807, 2.05) is 6.92 Å². The van der Waals surface area contributed by atoms with Crippen molar-refractivity contribution in [3.63, 3.8) is 0 Å². The van der Waals surface area contributed by atoms with Crippen molar-refractivity contribution in [2.75, 3.05) is 13.1 Å². The highest BCUT2D eigenvalue weighted by molar-refractivity contribution is 4.93. The van der Waals surface area contributed by atoms with E-state index in [0.717, 1.165) is 25.3 Å². The van der Waals surface area contributed by atoms with Gasteiger partial charge in [0, 0.05) is 26.4 Å². The quantitative estimate of drug-likeness (QED) is 0.825. The number of ether oxygens (including phenoxy) is 1. The number of aromatic nitrogens is 2. The lowest BCUT2D eigenvalue weighted by Gasteiger charge is -2.23. The molecular weight excluding hydrogens is 242 g/mol. The number of nitrogens with zero attached hydrogens (tertiary/aromatic N) is 2. The van der Waals surface area contributed by atoms with Gasteiger partial charge in [-0.1, -0.05) is 18.0 Å². The second-order valence-corrected chi connectivity index (χ2v) is 5.85. The average Bonchev–Trinajstić information content (AvgIpc) is 3.10. The molecule has 5 heteroatoms. The third-order valence-corrected chi connectivity index (χ3v) is 4.32. The molecule has 1 aliphatic carbocycles. The molecule has 0 radical (unpaired) electrons. The number of nitrogens with one attached hydrogen (secondary N) is 1. The molecule has 1 aromatic rings. The molecule has 19 heavy (non-hydrogen) atoms. The van der Waals surface area contributed by atoms with Gasteiger partial charge in [0.1, 0.15) is 0 Å². The van der Waals surface area contributed by atoms with Crippen molar-refractivity contribution in [3.05, 3.63) is 11.7 Å². The lowest BCUT2D eigenvalue weighted by Crippen LogP contribution is -2.32. The normalized spacial score (nSPS) is 25.4. The molecule has 1 aromatic heterocycles. The Morgan fingerprint density at radius 3 is 2.89 bits per heavy atom. The van der Waals surface area contributed by atoms with Crippen LogP contribution in [0.1, 0.15) is 50.2 Å². The molecule has 2 aliphatic rings. The highest BCUT2D eigenvalue weighted by atomic mass is 16.5. The molecule has 3 rings (SSSR count). The van der Waals surface area contributed by atoms with E-state index in [0.29, 0.717) is 12.0 Å². The maximum Gasteiger partial charge on any atom is 0.223 e. The summed E-state index contributed by atoms with van der Waals surface area (Å²) in [4.78, 5) is 4.19. The van der Waals surface area contributed by atoms with Crippen LogP contribution < -0.4 is 5.32 Å². The summed E-state index contributed by atoms with van der Waals surface area (Å²) in [6, 6.07) is 0. The Morgan fingerprint density at radius 2 is 2.16 bits per heavy atom. The van der Waals surface area contributed by atoms with Crippen LogP contribution in [0.25, 0.3) is 0 Å². The van der Waals surface area contributed by atoms with E-state index < -0.39 is 0 Å². The lowest BCUT2D eigenvalue weighted by molar-refractivity contribution is -0.0350. The molecule has 106 valence electrons. The van der Waals surface area contributed by atoms with Crippen LogP contribution in [0, 0.1) is 6.92 Å². The summed E-state index contributed by atoms with van der Waals surface area (Å²) >= 11 is 0. The summed E-state index contributed by atoms with van der Waals surface area (Å²) < 4.78 is 11.2. The van der Waals surface area contributed by atoms with Gasteiger partial charge in [0.15, 0.2) is 5.82 Å². The fourth-order valence-electron chi connectivity index (χ4n) is 3.33.